The molecule has 24 rings (SSSR count). The van der Waals surface area contributed by atoms with Crippen molar-refractivity contribution in [3.63, 3.8) is 0 Å². The molecular weight excluding hydrogens is 1510 g/mol. The largest absolute Gasteiger partial charge is 0.309 e. The Labute approximate surface area is 716 Å². The summed E-state index contributed by atoms with van der Waals surface area (Å²) in [6.45, 7) is 0. The molecule has 0 atom stereocenters. The van der Waals surface area contributed by atoms with Gasteiger partial charge in [-0.3, -0.25) is 0 Å². The average molecular weight is 1580 g/mol. The van der Waals surface area contributed by atoms with E-state index in [4.69, 9.17) is 19.9 Å². The molecule has 6 heterocycles. The second kappa shape index (κ2) is 30.9. The molecule has 0 bridgehead atoms. The lowest BCUT2D eigenvalue weighted by atomic mass is 10.00. The van der Waals surface area contributed by atoms with E-state index in [0.29, 0.717) is 11.6 Å². The molecule has 6 aromatic heterocycles. The number of aromatic nitrogens is 8. The van der Waals surface area contributed by atoms with E-state index in [-0.39, 0.29) is 0 Å². The van der Waals surface area contributed by atoms with E-state index in [1.54, 1.807) is 0 Å². The highest BCUT2D eigenvalue weighted by molar-refractivity contribution is 6.16. The van der Waals surface area contributed by atoms with Crippen LogP contribution in [0.15, 0.2) is 461 Å². The highest BCUT2D eigenvalue weighted by Crippen LogP contribution is 2.44. The van der Waals surface area contributed by atoms with Crippen molar-refractivity contribution < 1.29 is 0 Å². The molecule has 0 fully saturated rings. The molecule has 124 heavy (non-hydrogen) atoms. The van der Waals surface area contributed by atoms with Crippen LogP contribution in [0.4, 0.5) is 0 Å². The van der Waals surface area contributed by atoms with Crippen LogP contribution in [0.1, 0.15) is 0 Å². The van der Waals surface area contributed by atoms with Gasteiger partial charge in [0.2, 0.25) is 0 Å². The van der Waals surface area contributed by atoms with Crippen LogP contribution in [-0.2, 0) is 0 Å². The van der Waals surface area contributed by atoms with Crippen LogP contribution in [0.3, 0.4) is 0 Å². The molecule has 8 heteroatoms. The van der Waals surface area contributed by atoms with E-state index in [1.807, 2.05) is 72.8 Å². The summed E-state index contributed by atoms with van der Waals surface area (Å²) in [5.41, 5.74) is 33.3. The van der Waals surface area contributed by atoms with Crippen molar-refractivity contribution in [3.8, 4) is 135 Å². The van der Waals surface area contributed by atoms with E-state index in [9.17, 15) is 0 Å². The Hall–Kier alpha value is -16.7. The monoisotopic (exact) mass is 1580 g/mol. The fourth-order valence-corrected chi connectivity index (χ4v) is 18.4. The van der Waals surface area contributed by atoms with Crippen LogP contribution in [-0.4, -0.2) is 38.2 Å². The Morgan fingerprint density at radius 2 is 0.379 bits per heavy atom. The van der Waals surface area contributed by atoms with Crippen molar-refractivity contribution in [2.45, 2.75) is 0 Å². The molecule has 24 aromatic rings. The maximum absolute atomic E-state index is 5.05. The first-order chi connectivity index (χ1) is 61.5. The van der Waals surface area contributed by atoms with Gasteiger partial charge in [0.1, 0.15) is 0 Å². The molecule has 0 radical (unpaired) electrons. The van der Waals surface area contributed by atoms with Crippen molar-refractivity contribution in [2.24, 2.45) is 0 Å². The molecule has 0 aliphatic carbocycles. The number of rotatable bonds is 14. The predicted octanol–water partition coefficient (Wildman–Crippen LogP) is 30.0. The Bertz CT molecular complexity index is 7540. The Balaban J connectivity index is 0.000000143. The zero-order valence-electron chi connectivity index (χ0n) is 67.5. The quantitative estimate of drug-likeness (QED) is 0.109. The van der Waals surface area contributed by atoms with Crippen molar-refractivity contribution in [1.29, 1.82) is 0 Å². The van der Waals surface area contributed by atoms with Crippen LogP contribution in [0.25, 0.3) is 222 Å². The van der Waals surface area contributed by atoms with Gasteiger partial charge in [-0.05, 0) is 143 Å². The van der Waals surface area contributed by atoms with Crippen LogP contribution < -0.4 is 0 Å². The summed E-state index contributed by atoms with van der Waals surface area (Å²) in [7, 11) is 0. The zero-order valence-corrected chi connectivity index (χ0v) is 67.5. The third-order valence-corrected chi connectivity index (χ3v) is 24.3. The number of para-hydroxylation sites is 8. The minimum Gasteiger partial charge on any atom is -0.309 e. The third-order valence-electron chi connectivity index (χ3n) is 24.3. The molecule has 0 N–H and O–H groups in total. The summed E-state index contributed by atoms with van der Waals surface area (Å²) in [6.07, 6.45) is 0. The molecule has 0 amide bonds. The first kappa shape index (κ1) is 72.5. The fourth-order valence-electron chi connectivity index (χ4n) is 18.4. The summed E-state index contributed by atoms with van der Waals surface area (Å²) >= 11 is 0. The lowest BCUT2D eigenvalue weighted by Crippen LogP contribution is -1.96. The van der Waals surface area contributed by atoms with Crippen molar-refractivity contribution in [1.82, 2.24) is 38.2 Å². The summed E-state index contributed by atoms with van der Waals surface area (Å²) in [5, 5.41) is 9.90. The van der Waals surface area contributed by atoms with Crippen molar-refractivity contribution in [3.05, 3.63) is 461 Å². The summed E-state index contributed by atoms with van der Waals surface area (Å²) in [6, 6.07) is 164. The van der Waals surface area contributed by atoms with E-state index in [0.717, 1.165) is 95.6 Å². The van der Waals surface area contributed by atoms with Gasteiger partial charge in [0.15, 0.2) is 11.6 Å². The predicted molar refractivity (Wildman–Crippen MR) is 516 cm³/mol. The Kier molecular flexibility index (Phi) is 18.1. The lowest BCUT2D eigenvalue weighted by molar-refractivity contribution is 1.17. The minimum atomic E-state index is 0.705. The first-order valence-corrected chi connectivity index (χ1v) is 42.1. The Morgan fingerprint density at radius 1 is 0.137 bits per heavy atom. The van der Waals surface area contributed by atoms with Gasteiger partial charge in [-0.1, -0.05) is 352 Å². The van der Waals surface area contributed by atoms with Crippen molar-refractivity contribution >= 4 is 87.2 Å². The standard InChI is InChI=1S/2C58H38N4/c1-4-15-41(16-5-1)52-38-53(60-58(59-52)43-17-6-2-7-18-43)42-29-27-39(28-30-42)44-33-36-56-51(37-44)49-22-11-12-25-54(49)61(56)46-34-31-40(32-35-46)47-23-14-24-50-48-21-10-13-26-55(48)62(57(47)50)45-19-8-3-9-20-45;1-4-15-41(16-5-1)52-38-53(42-17-6-2-7-18-42)60-58(59-52)43-29-27-39(28-30-43)44-33-36-56-51(37-44)49-22-11-12-25-54(49)61(56)46-34-31-40(32-35-46)47-23-14-24-50-48-21-10-13-26-55(48)62(57(47)50)45-19-8-3-9-20-45/h2*1-38H. The second-order valence-electron chi connectivity index (χ2n) is 31.6. The SMILES string of the molecule is c1ccc(-c2cc(-c3ccc(-c4ccc5c(c4)c4ccccc4n5-c4ccc(-c5cccc6c7ccccc7n(-c7ccccc7)c56)cc4)cc3)nc(-c3ccccc3)n2)cc1.c1ccc(-c2cc(-c3ccccc3)nc(-c3ccc(-c4ccc5c(c4)c4ccccc4n5-c4ccc(-c5cccc6c7ccccc7n(-c7ccccc7)c56)cc4)cc3)n2)cc1. The van der Waals surface area contributed by atoms with Gasteiger partial charge in [-0.15, -0.1) is 0 Å². The number of fused-ring (bicyclic) bond motifs is 12. The molecule has 0 aliphatic rings. The smallest absolute Gasteiger partial charge is 0.160 e. The second-order valence-corrected chi connectivity index (χ2v) is 31.6. The van der Waals surface area contributed by atoms with Crippen LogP contribution in [0, 0.1) is 0 Å². The van der Waals surface area contributed by atoms with Crippen LogP contribution >= 0.6 is 0 Å². The van der Waals surface area contributed by atoms with Gasteiger partial charge >= 0.3 is 0 Å². The number of hydrogen-bond acceptors (Lipinski definition) is 4. The molecular formula is C116H76N8. The topological polar surface area (TPSA) is 71.3 Å². The number of hydrogen-bond donors (Lipinski definition) is 0. The molecule has 8 nitrogen and oxygen atoms in total. The van der Waals surface area contributed by atoms with E-state index >= 15 is 0 Å². The van der Waals surface area contributed by atoms with E-state index in [1.165, 1.54) is 115 Å². The van der Waals surface area contributed by atoms with Crippen molar-refractivity contribution in [2.75, 3.05) is 0 Å². The Morgan fingerprint density at radius 3 is 0.742 bits per heavy atom. The molecule has 0 saturated heterocycles. The molecule has 18 aromatic carbocycles. The van der Waals surface area contributed by atoms with Gasteiger partial charge in [0.25, 0.3) is 0 Å². The summed E-state index contributed by atoms with van der Waals surface area (Å²) in [5.74, 6) is 1.42. The first-order valence-electron chi connectivity index (χ1n) is 42.1. The van der Waals surface area contributed by atoms with Gasteiger partial charge in [0.05, 0.1) is 66.9 Å². The molecule has 0 unspecified atom stereocenters. The number of benzene rings is 18. The van der Waals surface area contributed by atoms with Gasteiger partial charge in [-0.25, -0.2) is 19.9 Å². The molecule has 580 valence electrons. The minimum absolute atomic E-state index is 0.705. The summed E-state index contributed by atoms with van der Waals surface area (Å²) < 4.78 is 9.60. The maximum atomic E-state index is 5.05. The van der Waals surface area contributed by atoms with Gasteiger partial charge in [-0.2, -0.15) is 0 Å². The van der Waals surface area contributed by atoms with Crippen LogP contribution in [0.2, 0.25) is 0 Å². The number of nitrogens with zero attached hydrogens (tertiary/aromatic N) is 8. The molecule has 0 spiro atoms. The highest BCUT2D eigenvalue weighted by Gasteiger charge is 2.23. The molecule has 0 aliphatic heterocycles. The molecule has 0 saturated carbocycles. The summed E-state index contributed by atoms with van der Waals surface area (Å²) in [4.78, 5) is 20.1. The van der Waals surface area contributed by atoms with Gasteiger partial charge < -0.3 is 18.3 Å². The highest BCUT2D eigenvalue weighted by atomic mass is 15.0. The zero-order chi connectivity index (χ0) is 82.0. The van der Waals surface area contributed by atoms with E-state index < -0.39 is 0 Å². The maximum Gasteiger partial charge on any atom is 0.160 e. The van der Waals surface area contributed by atoms with E-state index in [2.05, 4.69) is 407 Å². The van der Waals surface area contributed by atoms with Crippen LogP contribution in [0.5, 0.6) is 0 Å². The normalized spacial score (nSPS) is 11.5. The fraction of sp³-hybridized carbons (Fsp3) is 0. The third kappa shape index (κ3) is 13.0. The average Bonchev–Trinajstić information content (AvgIpc) is 1.57. The van der Waals surface area contributed by atoms with Gasteiger partial charge in [0, 0.05) is 110 Å². The lowest BCUT2D eigenvalue weighted by Gasteiger charge is -2.13.